The zero-order chi connectivity index (χ0) is 21.3. The number of methoxy groups -OCH3 is 1. The van der Waals surface area contributed by atoms with Crippen LogP contribution in [-0.2, 0) is 11.3 Å². The van der Waals surface area contributed by atoms with E-state index in [0.29, 0.717) is 6.54 Å². The number of furan rings is 1. The van der Waals surface area contributed by atoms with E-state index in [9.17, 15) is 0 Å². The summed E-state index contributed by atoms with van der Waals surface area (Å²) in [5, 5.41) is 3.42. The number of aryl methyl sites for hydroxylation is 1. The van der Waals surface area contributed by atoms with Crippen LogP contribution in [0.25, 0.3) is 0 Å². The zero-order valence-electron chi connectivity index (χ0n) is 18.6. The molecule has 1 fully saturated rings. The number of rotatable bonds is 8. The Morgan fingerprint density at radius 1 is 1.20 bits per heavy atom. The normalized spacial score (nSPS) is 16.3. The molecular formula is C23H34N4O3. The highest BCUT2D eigenvalue weighted by Crippen LogP contribution is 2.24. The van der Waals surface area contributed by atoms with Crippen LogP contribution in [0.4, 0.5) is 0 Å². The molecule has 2 aromatic rings. The molecule has 1 unspecified atom stereocenters. The molecule has 1 aliphatic heterocycles. The number of aliphatic imine (C=N–C) groups is 1. The van der Waals surface area contributed by atoms with Crippen molar-refractivity contribution in [2.75, 3.05) is 53.6 Å². The van der Waals surface area contributed by atoms with Gasteiger partial charge >= 0.3 is 0 Å². The molecule has 1 saturated heterocycles. The number of hydrogen-bond acceptors (Lipinski definition) is 5. The van der Waals surface area contributed by atoms with Gasteiger partial charge < -0.3 is 24.1 Å². The highest BCUT2D eigenvalue weighted by molar-refractivity contribution is 5.79. The summed E-state index contributed by atoms with van der Waals surface area (Å²) in [7, 11) is 3.75. The Labute approximate surface area is 179 Å². The van der Waals surface area contributed by atoms with Gasteiger partial charge in [-0.25, -0.2) is 0 Å². The zero-order valence-corrected chi connectivity index (χ0v) is 18.6. The van der Waals surface area contributed by atoms with Crippen molar-refractivity contribution < 1.29 is 13.9 Å². The molecular weight excluding hydrogens is 380 g/mol. The second-order valence-electron chi connectivity index (χ2n) is 7.51. The summed E-state index contributed by atoms with van der Waals surface area (Å²) in [5.41, 5.74) is 1.20. The van der Waals surface area contributed by atoms with Crippen LogP contribution in [0, 0.1) is 6.92 Å². The summed E-state index contributed by atoms with van der Waals surface area (Å²) >= 11 is 0. The van der Waals surface area contributed by atoms with E-state index in [1.807, 2.05) is 25.1 Å². The van der Waals surface area contributed by atoms with E-state index in [1.165, 1.54) is 5.56 Å². The van der Waals surface area contributed by atoms with E-state index >= 15 is 0 Å². The van der Waals surface area contributed by atoms with Crippen molar-refractivity contribution in [2.45, 2.75) is 26.4 Å². The van der Waals surface area contributed by atoms with Crippen molar-refractivity contribution >= 4 is 5.96 Å². The van der Waals surface area contributed by atoms with Gasteiger partial charge in [-0.05, 0) is 43.7 Å². The summed E-state index contributed by atoms with van der Waals surface area (Å²) in [6.45, 7) is 9.54. The molecule has 1 aromatic heterocycles. The largest absolute Gasteiger partial charge is 0.497 e. The summed E-state index contributed by atoms with van der Waals surface area (Å²) in [5.74, 6) is 3.64. The predicted molar refractivity (Wildman–Crippen MR) is 119 cm³/mol. The molecule has 1 atom stereocenters. The molecule has 0 radical (unpaired) electrons. The number of morpholine rings is 1. The molecule has 1 aromatic carbocycles. The van der Waals surface area contributed by atoms with E-state index in [1.54, 1.807) is 7.11 Å². The first-order valence-corrected chi connectivity index (χ1v) is 10.6. The van der Waals surface area contributed by atoms with Gasteiger partial charge in [0.2, 0.25) is 0 Å². The summed E-state index contributed by atoms with van der Waals surface area (Å²) < 4.78 is 16.8. The molecule has 0 spiro atoms. The predicted octanol–water partition coefficient (Wildman–Crippen LogP) is 3.07. The molecule has 3 rings (SSSR count). The summed E-state index contributed by atoms with van der Waals surface area (Å²) in [4.78, 5) is 9.52. The van der Waals surface area contributed by atoms with E-state index in [2.05, 4.69) is 47.3 Å². The van der Waals surface area contributed by atoms with Crippen LogP contribution < -0.4 is 10.1 Å². The third kappa shape index (κ3) is 6.00. The lowest BCUT2D eigenvalue weighted by Gasteiger charge is -2.33. The van der Waals surface area contributed by atoms with Crippen molar-refractivity contribution in [1.29, 1.82) is 0 Å². The number of benzene rings is 1. The molecule has 1 aliphatic rings. The number of ether oxygens (including phenoxy) is 2. The number of nitrogens with one attached hydrogen (secondary N) is 1. The Morgan fingerprint density at radius 2 is 1.93 bits per heavy atom. The maximum Gasteiger partial charge on any atom is 0.194 e. The van der Waals surface area contributed by atoms with E-state index in [0.717, 1.165) is 62.6 Å². The Morgan fingerprint density at radius 3 is 2.53 bits per heavy atom. The van der Waals surface area contributed by atoms with Gasteiger partial charge in [0.25, 0.3) is 0 Å². The van der Waals surface area contributed by atoms with E-state index in [-0.39, 0.29) is 6.04 Å². The van der Waals surface area contributed by atoms with Crippen molar-refractivity contribution in [3.05, 3.63) is 53.5 Å². The molecule has 7 nitrogen and oxygen atoms in total. The van der Waals surface area contributed by atoms with Crippen molar-refractivity contribution in [2.24, 2.45) is 4.99 Å². The number of hydrogen-bond donors (Lipinski definition) is 1. The third-order valence-corrected chi connectivity index (χ3v) is 5.27. The Balaban J connectivity index is 1.73. The molecule has 30 heavy (non-hydrogen) atoms. The van der Waals surface area contributed by atoms with Gasteiger partial charge in [0.05, 0.1) is 32.9 Å². The van der Waals surface area contributed by atoms with Crippen LogP contribution in [0.1, 0.15) is 30.0 Å². The smallest absolute Gasteiger partial charge is 0.194 e. The Hall–Kier alpha value is -2.51. The van der Waals surface area contributed by atoms with Gasteiger partial charge in [-0.1, -0.05) is 12.1 Å². The fraction of sp³-hybridized carbons (Fsp3) is 0.522. The monoisotopic (exact) mass is 414 g/mol. The first-order valence-electron chi connectivity index (χ1n) is 10.6. The van der Waals surface area contributed by atoms with Crippen molar-refractivity contribution in [3.8, 4) is 5.75 Å². The average molecular weight is 415 g/mol. The van der Waals surface area contributed by atoms with Crippen LogP contribution in [0.3, 0.4) is 0 Å². The Kier molecular flexibility index (Phi) is 8.16. The quantitative estimate of drug-likeness (QED) is 0.529. The van der Waals surface area contributed by atoms with Gasteiger partial charge in [-0.2, -0.15) is 0 Å². The highest BCUT2D eigenvalue weighted by Gasteiger charge is 2.25. The minimum atomic E-state index is 0.102. The summed E-state index contributed by atoms with van der Waals surface area (Å²) in [6.07, 6.45) is 0. The second-order valence-corrected chi connectivity index (χ2v) is 7.51. The van der Waals surface area contributed by atoms with Gasteiger partial charge in [0, 0.05) is 33.2 Å². The lowest BCUT2D eigenvalue weighted by molar-refractivity contribution is 0.0135. The van der Waals surface area contributed by atoms with Crippen molar-refractivity contribution in [1.82, 2.24) is 15.1 Å². The highest BCUT2D eigenvalue weighted by atomic mass is 16.5. The lowest BCUT2D eigenvalue weighted by Crippen LogP contribution is -2.42. The first kappa shape index (κ1) is 22.2. The van der Waals surface area contributed by atoms with Crippen LogP contribution in [0.2, 0.25) is 0 Å². The average Bonchev–Trinajstić information content (AvgIpc) is 3.20. The molecule has 164 valence electrons. The fourth-order valence-electron chi connectivity index (χ4n) is 3.63. The fourth-order valence-corrected chi connectivity index (χ4v) is 3.63. The topological polar surface area (TPSA) is 62.5 Å². The Bertz CT molecular complexity index is 797. The maximum atomic E-state index is 5.97. The lowest BCUT2D eigenvalue weighted by atomic mass is 10.1. The minimum Gasteiger partial charge on any atom is -0.497 e. The van der Waals surface area contributed by atoms with Gasteiger partial charge in [-0.3, -0.25) is 9.89 Å². The maximum absolute atomic E-state index is 5.97. The van der Waals surface area contributed by atoms with E-state index in [4.69, 9.17) is 18.9 Å². The SMILES string of the molecule is CCNC(=NCC(c1ccc(C)o1)N1CCOCC1)N(C)Cc1ccc(OC)cc1. The molecule has 7 heteroatoms. The van der Waals surface area contributed by atoms with Crippen molar-refractivity contribution in [3.63, 3.8) is 0 Å². The third-order valence-electron chi connectivity index (χ3n) is 5.27. The second kappa shape index (κ2) is 11.0. The van der Waals surface area contributed by atoms with Gasteiger partial charge in [0.15, 0.2) is 5.96 Å². The number of guanidine groups is 1. The molecule has 0 bridgehead atoms. The molecule has 2 heterocycles. The van der Waals surface area contributed by atoms with Crippen LogP contribution in [-0.4, -0.2) is 69.3 Å². The molecule has 0 aliphatic carbocycles. The summed E-state index contributed by atoms with van der Waals surface area (Å²) in [6, 6.07) is 12.3. The number of nitrogens with zero attached hydrogens (tertiary/aromatic N) is 3. The van der Waals surface area contributed by atoms with Gasteiger partial charge in [0.1, 0.15) is 17.3 Å². The minimum absolute atomic E-state index is 0.102. The van der Waals surface area contributed by atoms with Gasteiger partial charge in [-0.15, -0.1) is 0 Å². The molecule has 1 N–H and O–H groups in total. The molecule has 0 saturated carbocycles. The van der Waals surface area contributed by atoms with Crippen LogP contribution in [0.15, 0.2) is 45.8 Å². The van der Waals surface area contributed by atoms with Crippen LogP contribution >= 0.6 is 0 Å². The first-order chi connectivity index (χ1) is 14.6. The van der Waals surface area contributed by atoms with Crippen LogP contribution in [0.5, 0.6) is 5.75 Å². The molecule has 0 amide bonds. The standard InChI is InChI=1S/C23H34N4O3/c1-5-24-23(26(3)17-19-7-9-20(28-4)10-8-19)25-16-21(22-11-6-18(2)30-22)27-12-14-29-15-13-27/h6-11,21H,5,12-17H2,1-4H3,(H,24,25). The van der Waals surface area contributed by atoms with E-state index < -0.39 is 0 Å².